The van der Waals surface area contributed by atoms with Crippen LogP contribution in [-0.2, 0) is 12.8 Å². The van der Waals surface area contributed by atoms with Gasteiger partial charge >= 0.3 is 0 Å². The molecule has 0 N–H and O–H groups in total. The van der Waals surface area contributed by atoms with Gasteiger partial charge in [-0.2, -0.15) is 9.78 Å². The van der Waals surface area contributed by atoms with Crippen molar-refractivity contribution in [2.75, 3.05) is 0 Å². The number of nitrogens with zero attached hydrogens (tertiary/aromatic N) is 4. The fourth-order valence-corrected chi connectivity index (χ4v) is 3.86. The molecule has 0 saturated heterocycles. The van der Waals surface area contributed by atoms with E-state index in [1.54, 1.807) is 29.9 Å². The second-order valence-corrected chi connectivity index (χ2v) is 6.05. The van der Waals surface area contributed by atoms with Gasteiger partial charge in [0, 0.05) is 22.8 Å². The summed E-state index contributed by atoms with van der Waals surface area (Å²) in [5.74, 6) is 0. The van der Waals surface area contributed by atoms with Crippen LogP contribution in [0.25, 0.3) is 10.2 Å². The lowest BCUT2D eigenvalue weighted by atomic mass is 10.2. The van der Waals surface area contributed by atoms with Crippen LogP contribution in [0.5, 0.6) is 0 Å². The second-order valence-electron chi connectivity index (χ2n) is 4.96. The maximum absolute atomic E-state index is 12.6. The standard InChI is InChI=1S/C15H12N4OS/c20-15-13-11-4-1-5-12(11)21-14(13)17-9-19(15)18-8-10-3-2-6-16-7-10/h2-3,6-9H,1,4-5H2/b18-8-. The summed E-state index contributed by atoms with van der Waals surface area (Å²) in [6, 6.07) is 3.72. The van der Waals surface area contributed by atoms with Gasteiger partial charge in [-0.05, 0) is 30.9 Å². The largest absolute Gasteiger partial charge is 0.282 e. The van der Waals surface area contributed by atoms with Crippen LogP contribution in [0.3, 0.4) is 0 Å². The van der Waals surface area contributed by atoms with Crippen LogP contribution in [0.4, 0.5) is 0 Å². The van der Waals surface area contributed by atoms with Crippen LogP contribution in [0, 0.1) is 0 Å². The fourth-order valence-electron chi connectivity index (χ4n) is 2.64. The normalized spacial score (nSPS) is 14.1. The molecule has 3 aromatic rings. The van der Waals surface area contributed by atoms with E-state index >= 15 is 0 Å². The fraction of sp³-hybridized carbons (Fsp3) is 0.200. The van der Waals surface area contributed by atoms with Gasteiger partial charge in [-0.25, -0.2) is 4.98 Å². The Morgan fingerprint density at radius 2 is 2.33 bits per heavy atom. The third-order valence-corrected chi connectivity index (χ3v) is 4.82. The summed E-state index contributed by atoms with van der Waals surface area (Å²) in [4.78, 5) is 23.1. The molecule has 6 heteroatoms. The van der Waals surface area contributed by atoms with E-state index in [9.17, 15) is 4.79 Å². The molecule has 0 bridgehead atoms. The Kier molecular flexibility index (Phi) is 2.89. The maximum Gasteiger partial charge on any atom is 0.282 e. The number of aryl methyl sites for hydroxylation is 2. The van der Waals surface area contributed by atoms with E-state index in [2.05, 4.69) is 15.1 Å². The molecule has 1 aliphatic rings. The highest BCUT2D eigenvalue weighted by Crippen LogP contribution is 2.34. The summed E-state index contributed by atoms with van der Waals surface area (Å²) in [7, 11) is 0. The van der Waals surface area contributed by atoms with Crippen LogP contribution < -0.4 is 5.56 Å². The monoisotopic (exact) mass is 296 g/mol. The van der Waals surface area contributed by atoms with Crippen molar-refractivity contribution < 1.29 is 0 Å². The molecule has 5 nitrogen and oxygen atoms in total. The van der Waals surface area contributed by atoms with Gasteiger partial charge in [0.25, 0.3) is 5.56 Å². The van der Waals surface area contributed by atoms with Gasteiger partial charge in [0.05, 0.1) is 11.6 Å². The van der Waals surface area contributed by atoms with Crippen molar-refractivity contribution in [2.24, 2.45) is 5.10 Å². The number of thiophene rings is 1. The van der Waals surface area contributed by atoms with Gasteiger partial charge in [-0.1, -0.05) is 6.07 Å². The Bertz CT molecular complexity index is 895. The van der Waals surface area contributed by atoms with Crippen LogP contribution in [0.1, 0.15) is 22.4 Å². The van der Waals surface area contributed by atoms with Gasteiger partial charge in [0.1, 0.15) is 11.2 Å². The molecule has 4 rings (SSSR count). The Balaban J connectivity index is 1.82. The predicted octanol–water partition coefficient (Wildman–Crippen LogP) is 2.22. The van der Waals surface area contributed by atoms with E-state index in [-0.39, 0.29) is 5.56 Å². The Labute approximate surface area is 124 Å². The number of aromatic nitrogens is 3. The number of hydrogen-bond acceptors (Lipinski definition) is 5. The highest BCUT2D eigenvalue weighted by Gasteiger charge is 2.21. The topological polar surface area (TPSA) is 60.1 Å². The lowest BCUT2D eigenvalue weighted by Gasteiger charge is -1.98. The summed E-state index contributed by atoms with van der Waals surface area (Å²) in [6.07, 6.45) is 9.67. The molecule has 0 spiro atoms. The lowest BCUT2D eigenvalue weighted by Crippen LogP contribution is -2.17. The number of hydrogen-bond donors (Lipinski definition) is 0. The number of rotatable bonds is 2. The van der Waals surface area contributed by atoms with Crippen LogP contribution in [-0.4, -0.2) is 20.9 Å². The van der Waals surface area contributed by atoms with Crippen LogP contribution in [0.2, 0.25) is 0 Å². The Morgan fingerprint density at radius 1 is 1.38 bits per heavy atom. The van der Waals surface area contributed by atoms with E-state index in [0.717, 1.165) is 35.0 Å². The molecule has 0 radical (unpaired) electrons. The third kappa shape index (κ3) is 2.08. The first-order chi connectivity index (χ1) is 10.3. The smallest absolute Gasteiger partial charge is 0.267 e. The van der Waals surface area contributed by atoms with Gasteiger partial charge in [-0.15, -0.1) is 11.3 Å². The first-order valence-electron chi connectivity index (χ1n) is 6.79. The van der Waals surface area contributed by atoms with E-state index in [4.69, 9.17) is 0 Å². The van der Waals surface area contributed by atoms with Crippen molar-refractivity contribution in [2.45, 2.75) is 19.3 Å². The zero-order valence-corrected chi connectivity index (χ0v) is 12.0. The molecule has 1 aliphatic carbocycles. The second kappa shape index (κ2) is 4.89. The Hall–Kier alpha value is -2.34. The van der Waals surface area contributed by atoms with Crippen molar-refractivity contribution in [3.8, 4) is 0 Å². The van der Waals surface area contributed by atoms with Crippen molar-refractivity contribution in [3.63, 3.8) is 0 Å². The first kappa shape index (κ1) is 12.4. The Morgan fingerprint density at radius 3 is 3.19 bits per heavy atom. The minimum atomic E-state index is -0.0838. The molecule has 3 heterocycles. The van der Waals surface area contributed by atoms with Gasteiger partial charge < -0.3 is 0 Å². The van der Waals surface area contributed by atoms with E-state index in [1.807, 2.05) is 12.1 Å². The summed E-state index contributed by atoms with van der Waals surface area (Å²) < 4.78 is 1.31. The maximum atomic E-state index is 12.6. The van der Waals surface area contributed by atoms with Crippen LogP contribution in [0.15, 0.2) is 40.7 Å². The molecule has 0 aliphatic heterocycles. The highest BCUT2D eigenvalue weighted by molar-refractivity contribution is 7.18. The summed E-state index contributed by atoms with van der Waals surface area (Å²) >= 11 is 1.64. The molecule has 0 amide bonds. The average molecular weight is 296 g/mol. The lowest BCUT2D eigenvalue weighted by molar-refractivity contribution is 0.816. The zero-order valence-electron chi connectivity index (χ0n) is 11.2. The van der Waals surface area contributed by atoms with Crippen molar-refractivity contribution in [1.82, 2.24) is 14.6 Å². The number of pyridine rings is 1. The van der Waals surface area contributed by atoms with Crippen molar-refractivity contribution in [3.05, 3.63) is 57.2 Å². The molecule has 0 aromatic carbocycles. The SMILES string of the molecule is O=c1c2c3c(sc2ncn1/N=C\c1cccnc1)CCC3. The molecule has 3 aromatic heterocycles. The molecular weight excluding hydrogens is 284 g/mol. The van der Waals surface area contributed by atoms with Crippen molar-refractivity contribution in [1.29, 1.82) is 0 Å². The van der Waals surface area contributed by atoms with E-state index in [0.29, 0.717) is 0 Å². The third-order valence-electron chi connectivity index (χ3n) is 3.62. The molecule has 0 unspecified atom stereocenters. The summed E-state index contributed by atoms with van der Waals surface area (Å²) in [6.45, 7) is 0. The van der Waals surface area contributed by atoms with Gasteiger partial charge in [0.15, 0.2) is 0 Å². The molecular formula is C15H12N4OS. The van der Waals surface area contributed by atoms with E-state index < -0.39 is 0 Å². The summed E-state index contributed by atoms with van der Waals surface area (Å²) in [5, 5.41) is 4.96. The minimum absolute atomic E-state index is 0.0838. The summed E-state index contributed by atoms with van der Waals surface area (Å²) in [5.41, 5.74) is 1.94. The highest BCUT2D eigenvalue weighted by atomic mass is 32.1. The molecule has 21 heavy (non-hydrogen) atoms. The quantitative estimate of drug-likeness (QED) is 0.681. The molecule has 0 atom stereocenters. The zero-order chi connectivity index (χ0) is 14.2. The van der Waals surface area contributed by atoms with Gasteiger partial charge in [0.2, 0.25) is 0 Å². The van der Waals surface area contributed by atoms with Crippen molar-refractivity contribution >= 4 is 27.8 Å². The van der Waals surface area contributed by atoms with Crippen LogP contribution >= 0.6 is 11.3 Å². The molecule has 0 fully saturated rings. The molecule has 0 saturated carbocycles. The number of fused-ring (bicyclic) bond motifs is 3. The average Bonchev–Trinajstić information content (AvgIpc) is 3.08. The van der Waals surface area contributed by atoms with Gasteiger partial charge in [-0.3, -0.25) is 9.78 Å². The minimum Gasteiger partial charge on any atom is -0.267 e. The predicted molar refractivity (Wildman–Crippen MR) is 83.1 cm³/mol. The molecule has 104 valence electrons. The van der Waals surface area contributed by atoms with E-state index in [1.165, 1.54) is 21.4 Å². The first-order valence-corrected chi connectivity index (χ1v) is 7.61.